The highest BCUT2D eigenvalue weighted by molar-refractivity contribution is 7.70. The number of hydrogen-bond donors (Lipinski definition) is 5. The van der Waals surface area contributed by atoms with E-state index in [2.05, 4.69) is 35.4 Å². The maximum absolute atomic E-state index is 13.6. The topological polar surface area (TPSA) is 340 Å². The Hall–Kier alpha value is -4.37. The van der Waals surface area contributed by atoms with Gasteiger partial charge in [0.2, 0.25) is 16.9 Å². The summed E-state index contributed by atoms with van der Waals surface area (Å²) in [7, 11) is -9.47. The molecule has 0 aliphatic carbocycles. The van der Waals surface area contributed by atoms with Crippen molar-refractivity contribution in [3.63, 3.8) is 0 Å². The predicted molar refractivity (Wildman–Crippen MR) is 258 cm³/mol. The molecule has 3 aromatic heterocycles. The first kappa shape index (κ1) is 61.8. The number of carbonyl (C=O) groups is 2. The smallest absolute Gasteiger partial charge is 0.340 e. The van der Waals surface area contributed by atoms with Crippen molar-refractivity contribution in [1.82, 2.24) is 40.1 Å². The van der Waals surface area contributed by atoms with Crippen LogP contribution in [0.5, 0.6) is 5.75 Å². The van der Waals surface area contributed by atoms with E-state index in [0.29, 0.717) is 121 Å². The second kappa shape index (κ2) is 31.4. The first-order chi connectivity index (χ1) is 37.0. The minimum atomic E-state index is -4.83. The van der Waals surface area contributed by atoms with Gasteiger partial charge in [0.15, 0.2) is 29.4 Å². The number of nitrogens with one attached hydrogen (secondary N) is 1. The fourth-order valence-electron chi connectivity index (χ4n) is 7.32. The summed E-state index contributed by atoms with van der Waals surface area (Å²) in [4.78, 5) is 63.1. The molecule has 0 spiro atoms. The van der Waals surface area contributed by atoms with Gasteiger partial charge in [-0.1, -0.05) is 5.21 Å². The van der Waals surface area contributed by atoms with Crippen LogP contribution in [0.4, 0.5) is 19.0 Å². The maximum atomic E-state index is 13.6. The second-order valence-corrected chi connectivity index (χ2v) is 21.2. The van der Waals surface area contributed by atoms with Gasteiger partial charge in [0.25, 0.3) is 0 Å². The number of amides is 1. The summed E-state index contributed by atoms with van der Waals surface area (Å²) in [6.07, 6.45) is 0.214. The van der Waals surface area contributed by atoms with Crippen LogP contribution in [0.15, 0.2) is 24.5 Å². The Kier molecular flexibility index (Phi) is 25.2. The molecular formula is C43H61ClF3N9O19P2. The van der Waals surface area contributed by atoms with Crippen molar-refractivity contribution in [1.29, 1.82) is 0 Å². The lowest BCUT2D eigenvalue weighted by Gasteiger charge is -2.40. The fourth-order valence-corrected chi connectivity index (χ4v) is 10.1. The lowest BCUT2D eigenvalue weighted by molar-refractivity contribution is -0.136. The lowest BCUT2D eigenvalue weighted by Crippen LogP contribution is -2.57. The van der Waals surface area contributed by atoms with Crippen LogP contribution in [-0.2, 0) is 79.0 Å². The molecule has 2 saturated heterocycles. The van der Waals surface area contributed by atoms with Gasteiger partial charge in [-0.15, -0.1) is 5.10 Å². The number of anilines is 1. The largest absolute Gasteiger partial charge is 0.420 e. The number of halogens is 4. The number of nitrogens with zero attached hydrogens (tertiary/aromatic N) is 8. The number of aliphatic hydroxyl groups excluding tert-OH is 1. The van der Waals surface area contributed by atoms with E-state index in [0.717, 1.165) is 0 Å². The molecule has 1 aromatic carbocycles. The number of hydrogen-bond acceptors (Lipinski definition) is 22. The zero-order chi connectivity index (χ0) is 55.2. The van der Waals surface area contributed by atoms with Gasteiger partial charge in [0, 0.05) is 31.6 Å². The molecular weight excluding hydrogens is 1100 g/mol. The molecule has 4 aromatic rings. The van der Waals surface area contributed by atoms with E-state index in [4.69, 9.17) is 68.5 Å². The highest BCUT2D eigenvalue weighted by Gasteiger charge is 2.41. The van der Waals surface area contributed by atoms with E-state index in [1.165, 1.54) is 10.9 Å². The van der Waals surface area contributed by atoms with Crippen LogP contribution < -0.4 is 15.0 Å². The molecule has 5 atom stereocenters. The summed E-state index contributed by atoms with van der Waals surface area (Å²) in [5.74, 6) is -6.93. The van der Waals surface area contributed by atoms with E-state index in [-0.39, 0.29) is 69.3 Å². The van der Waals surface area contributed by atoms with E-state index < -0.39 is 81.3 Å². The summed E-state index contributed by atoms with van der Waals surface area (Å²) in [6, 6.07) is 0.257. The zero-order valence-electron chi connectivity index (χ0n) is 41.5. The third-order valence-corrected chi connectivity index (χ3v) is 14.6. The molecule has 5 N–H and O–H groups in total. The highest BCUT2D eigenvalue weighted by Crippen LogP contribution is 2.55. The number of rotatable bonds is 38. The number of fused-ring (bicyclic) bond motifs is 1. The Morgan fingerprint density at radius 3 is 2.03 bits per heavy atom. The summed E-state index contributed by atoms with van der Waals surface area (Å²) in [5.41, 5.74) is 0.844. The van der Waals surface area contributed by atoms with Crippen molar-refractivity contribution in [3.05, 3.63) is 53.0 Å². The Morgan fingerprint density at radius 1 is 0.818 bits per heavy atom. The molecule has 5 heterocycles. The number of benzene rings is 1. The summed E-state index contributed by atoms with van der Waals surface area (Å²) >= 11 is 6.30. The lowest BCUT2D eigenvalue weighted by atomic mass is 10.0. The Balaban J connectivity index is 0.707. The van der Waals surface area contributed by atoms with E-state index in [1.807, 2.05) is 0 Å². The third-order valence-electron chi connectivity index (χ3n) is 10.9. The van der Waals surface area contributed by atoms with Crippen molar-refractivity contribution < 1.29 is 104 Å². The molecule has 0 radical (unpaired) electrons. The van der Waals surface area contributed by atoms with Crippen molar-refractivity contribution in [2.24, 2.45) is 0 Å². The van der Waals surface area contributed by atoms with Crippen LogP contribution in [0.25, 0.3) is 11.0 Å². The van der Waals surface area contributed by atoms with Crippen molar-refractivity contribution in [2.45, 2.75) is 56.9 Å². The monoisotopic (exact) mass is 1160 g/mol. The van der Waals surface area contributed by atoms with Gasteiger partial charge in [0.1, 0.15) is 29.5 Å². The van der Waals surface area contributed by atoms with Crippen molar-refractivity contribution >= 4 is 55.5 Å². The molecule has 2 unspecified atom stereocenters. The third kappa shape index (κ3) is 21.0. The average molecular weight is 1160 g/mol. The Bertz CT molecular complexity index is 2570. The number of aromatic nitrogens is 7. The number of esters is 1. The first-order valence-corrected chi connectivity index (χ1v) is 28.1. The first-order valence-electron chi connectivity index (χ1n) is 24.1. The molecule has 1 amide bonds. The van der Waals surface area contributed by atoms with E-state index in [9.17, 15) is 41.9 Å². The van der Waals surface area contributed by atoms with Crippen LogP contribution >= 0.6 is 26.8 Å². The van der Waals surface area contributed by atoms with Crippen LogP contribution in [0, 0.1) is 17.5 Å². The molecule has 34 heteroatoms. The summed E-state index contributed by atoms with van der Waals surface area (Å²) < 4.78 is 125. The van der Waals surface area contributed by atoms with Crippen LogP contribution in [-0.4, -0.2) is 209 Å². The van der Waals surface area contributed by atoms with Gasteiger partial charge in [0.05, 0.1) is 149 Å². The molecule has 2 aliphatic heterocycles. The molecule has 2 fully saturated rings. The van der Waals surface area contributed by atoms with Gasteiger partial charge < -0.3 is 81.9 Å². The molecule has 6 rings (SSSR count). The molecule has 28 nitrogen and oxygen atoms in total. The quantitative estimate of drug-likeness (QED) is 0.0140. The Morgan fingerprint density at radius 2 is 1.42 bits per heavy atom. The van der Waals surface area contributed by atoms with Crippen molar-refractivity contribution in [2.75, 3.05) is 130 Å². The zero-order valence-corrected chi connectivity index (χ0v) is 44.0. The number of ether oxygens (including phenoxy) is 10. The Labute approximate surface area is 443 Å². The SMILES string of the molecule is O=C(CCOCCOCCOCCOCCn1cc(COCCOCCOCCOCCNC(=O)C2CCN2c2nc(Cl)nc3c2cnn3[C@@H]2O[C@H](COP(=O)(O)CP(=O)(O)O)C[C@H]2O)nn1)Oc1c(F)cc(F)cc1F. The maximum Gasteiger partial charge on any atom is 0.340 e. The van der Waals surface area contributed by atoms with Crippen LogP contribution in [0.2, 0.25) is 5.28 Å². The minimum absolute atomic E-state index is 0.0507. The second-order valence-electron chi connectivity index (χ2n) is 16.9. The van der Waals surface area contributed by atoms with Gasteiger partial charge >= 0.3 is 21.2 Å². The molecule has 430 valence electrons. The molecule has 77 heavy (non-hydrogen) atoms. The highest BCUT2D eigenvalue weighted by atomic mass is 35.5. The fraction of sp³-hybridized carbons (Fsp3) is 0.651. The van der Waals surface area contributed by atoms with Gasteiger partial charge in [-0.3, -0.25) is 18.7 Å². The summed E-state index contributed by atoms with van der Waals surface area (Å²) in [6.45, 7) is 5.25. The predicted octanol–water partition coefficient (Wildman–Crippen LogP) is 1.50. The summed E-state index contributed by atoms with van der Waals surface area (Å²) in [5, 5.41) is 26.4. The van der Waals surface area contributed by atoms with Crippen molar-refractivity contribution in [3.8, 4) is 5.75 Å². The van der Waals surface area contributed by atoms with Gasteiger partial charge in [-0.05, 0) is 18.0 Å². The minimum Gasteiger partial charge on any atom is -0.420 e. The molecule has 0 bridgehead atoms. The normalized spacial score (nSPS) is 18.5. The van der Waals surface area contributed by atoms with E-state index in [1.54, 1.807) is 15.8 Å². The molecule has 0 saturated carbocycles. The van der Waals surface area contributed by atoms with E-state index >= 15 is 0 Å². The van der Waals surface area contributed by atoms with Gasteiger partial charge in [-0.2, -0.15) is 15.1 Å². The van der Waals surface area contributed by atoms with Gasteiger partial charge in [-0.25, -0.2) is 22.5 Å². The molecule has 2 aliphatic rings. The standard InChI is InChI=1S/C43H61ClF3N9O19P2/c44-43-50-39(32-24-49-56(40(32)51-43)42-36(57)23-31(74-42)27-73-77(63,64)28-76(60,61)62)55-4-1-35(55)41(59)48-3-7-66-10-13-69-17-18-71-19-20-72-26-30-25-54(53-52-30)5-8-67-11-14-70-16-15-68-12-9-65-6-2-37(58)75-38-33(46)21-29(45)22-34(38)47/h21-22,24-25,31,35-36,42,57H,1-20,23,26-28H2,(H,48,59)(H,63,64)(H2,60,61,62)/t31-,35?,36+,42+/m0/s1. The number of aliphatic hydroxyl groups is 1. The number of carbonyl (C=O) groups excluding carboxylic acids is 2. The van der Waals surface area contributed by atoms with Crippen LogP contribution in [0.3, 0.4) is 0 Å². The average Bonchev–Trinajstić information content (AvgIpc) is 4.09. The van der Waals surface area contributed by atoms with Crippen LogP contribution in [0.1, 0.15) is 31.2 Å².